The molecule has 2 atom stereocenters. The minimum Gasteiger partial charge on any atom is -0.480 e. The standard InChI is InChI=1S/C12H23NO2/c1-3-10(2)9-13-8-6-4-5-7-11(13)12(14)15/h10-11H,3-9H2,1-2H3,(H,14,15). The molecule has 0 aromatic rings. The number of hydrogen-bond acceptors (Lipinski definition) is 2. The number of nitrogens with zero attached hydrogens (tertiary/aromatic N) is 1. The maximum Gasteiger partial charge on any atom is 0.320 e. The van der Waals surface area contributed by atoms with Crippen LogP contribution in [0.1, 0.15) is 46.0 Å². The van der Waals surface area contributed by atoms with Crippen LogP contribution in [0.25, 0.3) is 0 Å². The topological polar surface area (TPSA) is 40.5 Å². The fraction of sp³-hybridized carbons (Fsp3) is 0.917. The zero-order valence-corrected chi connectivity index (χ0v) is 9.91. The number of aliphatic carboxylic acids is 1. The van der Waals surface area contributed by atoms with Gasteiger partial charge in [0.25, 0.3) is 0 Å². The van der Waals surface area contributed by atoms with Gasteiger partial charge in [-0.15, -0.1) is 0 Å². The van der Waals surface area contributed by atoms with Gasteiger partial charge in [0.2, 0.25) is 0 Å². The molecule has 1 rings (SSSR count). The maximum atomic E-state index is 11.1. The highest BCUT2D eigenvalue weighted by atomic mass is 16.4. The molecule has 0 aromatic heterocycles. The van der Waals surface area contributed by atoms with Crippen LogP contribution in [-0.2, 0) is 4.79 Å². The molecule has 88 valence electrons. The second kappa shape index (κ2) is 6.11. The van der Waals surface area contributed by atoms with Crippen molar-refractivity contribution in [1.29, 1.82) is 0 Å². The largest absolute Gasteiger partial charge is 0.480 e. The fourth-order valence-corrected chi connectivity index (χ4v) is 2.20. The lowest BCUT2D eigenvalue weighted by Gasteiger charge is -2.28. The molecule has 0 aliphatic carbocycles. The van der Waals surface area contributed by atoms with Gasteiger partial charge in [0.1, 0.15) is 6.04 Å². The summed E-state index contributed by atoms with van der Waals surface area (Å²) in [5.41, 5.74) is 0. The summed E-state index contributed by atoms with van der Waals surface area (Å²) in [6.45, 7) is 6.26. The van der Waals surface area contributed by atoms with Crippen molar-refractivity contribution >= 4 is 5.97 Å². The third-order valence-corrected chi connectivity index (χ3v) is 3.39. The Balaban J connectivity index is 2.57. The van der Waals surface area contributed by atoms with Crippen molar-refractivity contribution < 1.29 is 9.90 Å². The molecule has 0 spiro atoms. The van der Waals surface area contributed by atoms with Gasteiger partial charge >= 0.3 is 5.97 Å². The van der Waals surface area contributed by atoms with Crippen LogP contribution in [0.15, 0.2) is 0 Å². The van der Waals surface area contributed by atoms with E-state index < -0.39 is 5.97 Å². The summed E-state index contributed by atoms with van der Waals surface area (Å²) in [6, 6.07) is -0.235. The van der Waals surface area contributed by atoms with E-state index in [4.69, 9.17) is 0 Å². The third kappa shape index (κ3) is 3.82. The Morgan fingerprint density at radius 3 is 2.80 bits per heavy atom. The van der Waals surface area contributed by atoms with Crippen LogP contribution in [0, 0.1) is 5.92 Å². The Hall–Kier alpha value is -0.570. The first-order chi connectivity index (χ1) is 7.15. The van der Waals surface area contributed by atoms with E-state index in [0.717, 1.165) is 38.8 Å². The second-order valence-corrected chi connectivity index (χ2v) is 4.71. The summed E-state index contributed by atoms with van der Waals surface area (Å²) in [5, 5.41) is 9.18. The van der Waals surface area contributed by atoms with Gasteiger partial charge in [0.05, 0.1) is 0 Å². The van der Waals surface area contributed by atoms with Crippen LogP contribution in [0.4, 0.5) is 0 Å². The Kier molecular flexibility index (Phi) is 5.09. The van der Waals surface area contributed by atoms with Gasteiger partial charge in [-0.3, -0.25) is 9.69 Å². The van der Waals surface area contributed by atoms with E-state index in [2.05, 4.69) is 18.7 Å². The Labute approximate surface area is 92.5 Å². The zero-order valence-electron chi connectivity index (χ0n) is 9.91. The first kappa shape index (κ1) is 12.5. The van der Waals surface area contributed by atoms with Crippen LogP contribution < -0.4 is 0 Å². The van der Waals surface area contributed by atoms with Crippen LogP contribution in [0.3, 0.4) is 0 Å². The lowest BCUT2D eigenvalue weighted by molar-refractivity contribution is -0.143. The highest BCUT2D eigenvalue weighted by Crippen LogP contribution is 2.19. The summed E-state index contributed by atoms with van der Waals surface area (Å²) in [4.78, 5) is 13.3. The predicted molar refractivity (Wildman–Crippen MR) is 60.9 cm³/mol. The molecular formula is C12H23NO2. The summed E-state index contributed by atoms with van der Waals surface area (Å²) < 4.78 is 0. The van der Waals surface area contributed by atoms with Crippen LogP contribution in [0.5, 0.6) is 0 Å². The average molecular weight is 213 g/mol. The van der Waals surface area contributed by atoms with Gasteiger partial charge in [-0.05, 0) is 25.3 Å². The lowest BCUT2D eigenvalue weighted by atomic mass is 10.1. The fourth-order valence-electron chi connectivity index (χ4n) is 2.20. The Morgan fingerprint density at radius 1 is 1.47 bits per heavy atom. The molecular weight excluding hydrogens is 190 g/mol. The van der Waals surface area contributed by atoms with Crippen molar-refractivity contribution in [3.05, 3.63) is 0 Å². The van der Waals surface area contributed by atoms with E-state index in [1.54, 1.807) is 0 Å². The summed E-state index contributed by atoms with van der Waals surface area (Å²) in [5.74, 6) is -0.0369. The predicted octanol–water partition coefficient (Wildman–Crippen LogP) is 2.36. The zero-order chi connectivity index (χ0) is 11.3. The highest BCUT2D eigenvalue weighted by Gasteiger charge is 2.27. The van der Waals surface area contributed by atoms with Gasteiger partial charge < -0.3 is 5.11 Å². The van der Waals surface area contributed by atoms with E-state index >= 15 is 0 Å². The van der Waals surface area contributed by atoms with Crippen LogP contribution >= 0.6 is 0 Å². The number of carboxylic acid groups (broad SMARTS) is 1. The minimum atomic E-state index is -0.639. The number of hydrogen-bond donors (Lipinski definition) is 1. The molecule has 1 aliphatic rings. The first-order valence-corrected chi connectivity index (χ1v) is 6.12. The average Bonchev–Trinajstić information content (AvgIpc) is 2.43. The van der Waals surface area contributed by atoms with Crippen LogP contribution in [0.2, 0.25) is 0 Å². The molecule has 0 saturated carbocycles. The van der Waals surface area contributed by atoms with Gasteiger partial charge in [-0.25, -0.2) is 0 Å². The monoisotopic (exact) mass is 213 g/mol. The van der Waals surface area contributed by atoms with Crippen molar-refractivity contribution in [3.8, 4) is 0 Å². The Morgan fingerprint density at radius 2 is 2.20 bits per heavy atom. The molecule has 2 unspecified atom stereocenters. The van der Waals surface area contributed by atoms with Gasteiger partial charge in [0.15, 0.2) is 0 Å². The summed E-state index contributed by atoms with van der Waals surface area (Å²) in [6.07, 6.45) is 5.35. The maximum absolute atomic E-state index is 11.1. The van der Waals surface area contributed by atoms with E-state index in [-0.39, 0.29) is 6.04 Å². The number of carbonyl (C=O) groups is 1. The normalized spacial score (nSPS) is 25.9. The van der Waals surface area contributed by atoms with Crippen molar-refractivity contribution in [3.63, 3.8) is 0 Å². The molecule has 0 radical (unpaired) electrons. The molecule has 1 N–H and O–H groups in total. The number of rotatable bonds is 4. The molecule has 1 fully saturated rings. The van der Waals surface area contributed by atoms with E-state index in [1.165, 1.54) is 6.42 Å². The molecule has 0 amide bonds. The first-order valence-electron chi connectivity index (χ1n) is 6.12. The Bertz CT molecular complexity index is 206. The van der Waals surface area contributed by atoms with E-state index in [1.807, 2.05) is 0 Å². The molecule has 3 nitrogen and oxygen atoms in total. The summed E-state index contributed by atoms with van der Waals surface area (Å²) in [7, 11) is 0. The van der Waals surface area contributed by atoms with Gasteiger partial charge in [-0.2, -0.15) is 0 Å². The van der Waals surface area contributed by atoms with Crippen molar-refractivity contribution in [2.24, 2.45) is 5.92 Å². The van der Waals surface area contributed by atoms with E-state index in [0.29, 0.717) is 5.92 Å². The summed E-state index contributed by atoms with van der Waals surface area (Å²) >= 11 is 0. The molecule has 0 bridgehead atoms. The molecule has 3 heteroatoms. The molecule has 1 saturated heterocycles. The van der Waals surface area contributed by atoms with Crippen LogP contribution in [-0.4, -0.2) is 35.1 Å². The molecule has 15 heavy (non-hydrogen) atoms. The lowest BCUT2D eigenvalue weighted by Crippen LogP contribution is -2.42. The second-order valence-electron chi connectivity index (χ2n) is 4.71. The van der Waals surface area contributed by atoms with Gasteiger partial charge in [-0.1, -0.05) is 33.1 Å². The number of likely N-dealkylation sites (tertiary alicyclic amines) is 1. The molecule has 0 aromatic carbocycles. The van der Waals surface area contributed by atoms with Gasteiger partial charge in [0, 0.05) is 6.54 Å². The minimum absolute atomic E-state index is 0.235. The van der Waals surface area contributed by atoms with Crippen molar-refractivity contribution in [2.45, 2.75) is 52.0 Å². The smallest absolute Gasteiger partial charge is 0.320 e. The quantitative estimate of drug-likeness (QED) is 0.779. The third-order valence-electron chi connectivity index (χ3n) is 3.39. The molecule has 1 aliphatic heterocycles. The molecule has 1 heterocycles. The van der Waals surface area contributed by atoms with Crippen molar-refractivity contribution in [2.75, 3.05) is 13.1 Å². The highest BCUT2D eigenvalue weighted by molar-refractivity contribution is 5.73. The van der Waals surface area contributed by atoms with E-state index in [9.17, 15) is 9.90 Å². The van der Waals surface area contributed by atoms with Crippen molar-refractivity contribution in [1.82, 2.24) is 4.90 Å². The SMILES string of the molecule is CCC(C)CN1CCCCCC1C(=O)O. The number of carboxylic acids is 1.